The number of nitrogens with zero attached hydrogens (tertiary/aromatic N) is 2. The molecule has 0 radical (unpaired) electrons. The Kier molecular flexibility index (Phi) is 2.42. The van der Waals surface area contributed by atoms with Crippen molar-refractivity contribution >= 4 is 22.4 Å². The monoisotopic (exact) mass is 254 g/mol. The summed E-state index contributed by atoms with van der Waals surface area (Å²) in [5, 5.41) is 5.50. The van der Waals surface area contributed by atoms with Gasteiger partial charge in [0.15, 0.2) is 0 Å². The molecule has 0 bridgehead atoms. The van der Waals surface area contributed by atoms with Crippen LogP contribution in [0.25, 0.3) is 22.2 Å². The normalized spacial score (nSPS) is 10.7. The van der Waals surface area contributed by atoms with Crippen LogP contribution in [0.1, 0.15) is 10.6 Å². The van der Waals surface area contributed by atoms with Crippen molar-refractivity contribution in [3.8, 4) is 11.5 Å². The molecule has 3 rings (SSSR count). The number of amides is 1. The number of anilines is 1. The number of benzene rings is 2. The summed E-state index contributed by atoms with van der Waals surface area (Å²) in [5.41, 5.74) is 12.1. The molecule has 0 saturated carbocycles. The molecule has 1 heterocycles. The Hall–Kier alpha value is -2.89. The molecule has 0 aliphatic carbocycles. The highest BCUT2D eigenvalue weighted by molar-refractivity contribution is 5.93. The van der Waals surface area contributed by atoms with Crippen molar-refractivity contribution in [3.05, 3.63) is 42.2 Å². The topological polar surface area (TPSA) is 108 Å². The Morgan fingerprint density at radius 3 is 2.47 bits per heavy atom. The van der Waals surface area contributed by atoms with E-state index in [1.807, 2.05) is 36.4 Å². The van der Waals surface area contributed by atoms with Crippen LogP contribution in [0.3, 0.4) is 0 Å². The summed E-state index contributed by atoms with van der Waals surface area (Å²) in [4.78, 5) is 14.9. The van der Waals surface area contributed by atoms with Crippen LogP contribution < -0.4 is 11.5 Å². The van der Waals surface area contributed by atoms with Gasteiger partial charge >= 0.3 is 0 Å². The van der Waals surface area contributed by atoms with Crippen molar-refractivity contribution in [3.63, 3.8) is 0 Å². The van der Waals surface area contributed by atoms with Gasteiger partial charge in [-0.2, -0.15) is 4.98 Å². The maximum Gasteiger partial charge on any atom is 0.290 e. The number of carbonyl (C=O) groups excluding carboxylic acids is 1. The predicted octanol–water partition coefficient (Wildman–Crippen LogP) is 1.57. The molecule has 19 heavy (non-hydrogen) atoms. The van der Waals surface area contributed by atoms with Crippen LogP contribution in [0.4, 0.5) is 5.69 Å². The van der Waals surface area contributed by atoms with Gasteiger partial charge in [-0.3, -0.25) is 4.79 Å². The van der Waals surface area contributed by atoms with E-state index in [0.717, 1.165) is 10.8 Å². The zero-order valence-electron chi connectivity index (χ0n) is 9.83. The molecule has 6 nitrogen and oxygen atoms in total. The van der Waals surface area contributed by atoms with E-state index in [4.69, 9.17) is 16.0 Å². The first-order chi connectivity index (χ1) is 9.15. The van der Waals surface area contributed by atoms with Crippen LogP contribution in [-0.2, 0) is 0 Å². The lowest BCUT2D eigenvalue weighted by Crippen LogP contribution is -2.12. The van der Waals surface area contributed by atoms with E-state index in [0.29, 0.717) is 11.3 Å². The van der Waals surface area contributed by atoms with E-state index < -0.39 is 5.91 Å². The van der Waals surface area contributed by atoms with Crippen molar-refractivity contribution < 1.29 is 9.32 Å². The molecule has 6 heteroatoms. The van der Waals surface area contributed by atoms with E-state index in [-0.39, 0.29) is 11.7 Å². The van der Waals surface area contributed by atoms with Crippen molar-refractivity contribution in [1.82, 2.24) is 10.1 Å². The Morgan fingerprint density at radius 1 is 1.16 bits per heavy atom. The SMILES string of the molecule is NC(=O)c1noc(-c2cc3ccccc3cc2N)n1. The second-order valence-corrected chi connectivity index (χ2v) is 4.07. The Morgan fingerprint density at radius 2 is 1.84 bits per heavy atom. The first kappa shape index (κ1) is 11.2. The zero-order chi connectivity index (χ0) is 13.4. The van der Waals surface area contributed by atoms with Crippen molar-refractivity contribution in [2.24, 2.45) is 5.73 Å². The average molecular weight is 254 g/mol. The lowest BCUT2D eigenvalue weighted by Gasteiger charge is -2.03. The summed E-state index contributed by atoms with van der Waals surface area (Å²) in [7, 11) is 0. The number of nitrogen functional groups attached to an aromatic ring is 1. The van der Waals surface area contributed by atoms with Crippen LogP contribution in [0.2, 0.25) is 0 Å². The van der Waals surface area contributed by atoms with Gasteiger partial charge in [0.25, 0.3) is 17.6 Å². The van der Waals surface area contributed by atoms with Gasteiger partial charge < -0.3 is 16.0 Å². The van der Waals surface area contributed by atoms with Gasteiger partial charge in [0.05, 0.1) is 5.56 Å². The highest BCUT2D eigenvalue weighted by Gasteiger charge is 2.15. The molecule has 0 spiro atoms. The summed E-state index contributed by atoms with van der Waals surface area (Å²) in [6, 6.07) is 11.4. The van der Waals surface area contributed by atoms with E-state index in [1.54, 1.807) is 0 Å². The van der Waals surface area contributed by atoms with Crippen LogP contribution in [0, 0.1) is 0 Å². The lowest BCUT2D eigenvalue weighted by atomic mass is 10.1. The molecule has 0 aliphatic rings. The molecular weight excluding hydrogens is 244 g/mol. The molecule has 0 unspecified atom stereocenters. The number of primary amides is 1. The molecule has 3 aromatic rings. The summed E-state index contributed by atoms with van der Waals surface area (Å²) in [6.45, 7) is 0. The van der Waals surface area contributed by atoms with Crippen LogP contribution in [-0.4, -0.2) is 16.0 Å². The minimum atomic E-state index is -0.741. The summed E-state index contributed by atoms with van der Waals surface area (Å²) in [5.74, 6) is -0.728. The van der Waals surface area contributed by atoms with Crippen LogP contribution in [0.5, 0.6) is 0 Å². The molecule has 2 aromatic carbocycles. The summed E-state index contributed by atoms with van der Waals surface area (Å²) in [6.07, 6.45) is 0. The molecule has 1 amide bonds. The fourth-order valence-corrected chi connectivity index (χ4v) is 1.88. The molecule has 4 N–H and O–H groups in total. The van der Waals surface area contributed by atoms with Crippen LogP contribution >= 0.6 is 0 Å². The Labute approximate surface area is 108 Å². The second kappa shape index (κ2) is 4.09. The number of rotatable bonds is 2. The van der Waals surface area contributed by atoms with E-state index in [2.05, 4.69) is 10.1 Å². The number of carbonyl (C=O) groups is 1. The number of aromatic nitrogens is 2. The minimum absolute atomic E-state index is 0.164. The first-order valence-electron chi connectivity index (χ1n) is 5.57. The summed E-state index contributed by atoms with van der Waals surface area (Å²) < 4.78 is 5.00. The molecular formula is C13H10N4O2. The fourth-order valence-electron chi connectivity index (χ4n) is 1.88. The molecule has 0 fully saturated rings. The molecule has 0 saturated heterocycles. The van der Waals surface area contributed by atoms with Crippen molar-refractivity contribution in [2.75, 3.05) is 5.73 Å². The quantitative estimate of drug-likeness (QED) is 0.675. The number of hydrogen-bond acceptors (Lipinski definition) is 5. The first-order valence-corrected chi connectivity index (χ1v) is 5.57. The van der Waals surface area contributed by atoms with Gasteiger partial charge in [0, 0.05) is 5.69 Å². The lowest BCUT2D eigenvalue weighted by molar-refractivity contribution is 0.0987. The highest BCUT2D eigenvalue weighted by Crippen LogP contribution is 2.29. The third-order valence-corrected chi connectivity index (χ3v) is 2.79. The number of hydrogen-bond donors (Lipinski definition) is 2. The van der Waals surface area contributed by atoms with E-state index in [9.17, 15) is 4.79 Å². The van der Waals surface area contributed by atoms with Gasteiger partial charge in [-0.1, -0.05) is 29.4 Å². The van der Waals surface area contributed by atoms with Gasteiger partial charge in [-0.25, -0.2) is 0 Å². The van der Waals surface area contributed by atoms with Gasteiger partial charge in [-0.05, 0) is 22.9 Å². The van der Waals surface area contributed by atoms with Gasteiger partial charge in [0.2, 0.25) is 0 Å². The standard InChI is InChI=1S/C13H10N4O2/c14-10-6-8-4-2-1-3-7(8)5-9(10)13-16-12(11(15)18)17-19-13/h1-6H,14H2,(H2,15,18). The van der Waals surface area contributed by atoms with Crippen molar-refractivity contribution in [2.45, 2.75) is 0 Å². The molecule has 94 valence electrons. The third-order valence-electron chi connectivity index (χ3n) is 2.79. The Bertz CT molecular complexity index is 779. The predicted molar refractivity (Wildman–Crippen MR) is 70.2 cm³/mol. The number of fused-ring (bicyclic) bond motifs is 1. The molecule has 0 aliphatic heterocycles. The summed E-state index contributed by atoms with van der Waals surface area (Å²) >= 11 is 0. The zero-order valence-corrected chi connectivity index (χ0v) is 9.83. The smallest absolute Gasteiger partial charge is 0.290 e. The van der Waals surface area contributed by atoms with Crippen LogP contribution in [0.15, 0.2) is 40.9 Å². The molecule has 1 aromatic heterocycles. The van der Waals surface area contributed by atoms with E-state index >= 15 is 0 Å². The van der Waals surface area contributed by atoms with Gasteiger partial charge in [0.1, 0.15) is 0 Å². The van der Waals surface area contributed by atoms with Crippen molar-refractivity contribution in [1.29, 1.82) is 0 Å². The maximum atomic E-state index is 10.9. The van der Waals surface area contributed by atoms with E-state index in [1.165, 1.54) is 0 Å². The third kappa shape index (κ3) is 1.89. The fraction of sp³-hybridized carbons (Fsp3) is 0. The molecule has 0 atom stereocenters. The van der Waals surface area contributed by atoms with Gasteiger partial charge in [-0.15, -0.1) is 0 Å². The largest absolute Gasteiger partial charge is 0.398 e. The second-order valence-electron chi connectivity index (χ2n) is 4.07. The Balaban J connectivity index is 2.18. The maximum absolute atomic E-state index is 10.9. The average Bonchev–Trinajstić information content (AvgIpc) is 2.87. The number of nitrogens with two attached hydrogens (primary N) is 2. The minimum Gasteiger partial charge on any atom is -0.398 e. The highest BCUT2D eigenvalue weighted by atomic mass is 16.5.